The molecule has 0 saturated heterocycles. The average molecular weight is 227 g/mol. The Labute approximate surface area is 92.2 Å². The third kappa shape index (κ3) is 1.98. The Morgan fingerprint density at radius 3 is 2.12 bits per heavy atom. The van der Waals surface area contributed by atoms with Crippen molar-refractivity contribution in [1.82, 2.24) is 0 Å². The fourth-order valence-corrected chi connectivity index (χ4v) is 1.35. The Morgan fingerprint density at radius 2 is 1.81 bits per heavy atom. The quantitative estimate of drug-likeness (QED) is 0.551. The van der Waals surface area contributed by atoms with Gasteiger partial charge in [-0.05, 0) is 24.3 Å². The minimum atomic E-state index is -1.85. The van der Waals surface area contributed by atoms with Crippen LogP contribution in [0.25, 0.3) is 0 Å². The van der Waals surface area contributed by atoms with Gasteiger partial charge in [-0.3, -0.25) is 10.1 Å². The number of aliphatic hydroxyl groups is 2. The van der Waals surface area contributed by atoms with E-state index in [0.717, 1.165) is 0 Å². The van der Waals surface area contributed by atoms with Crippen molar-refractivity contribution in [1.29, 1.82) is 0 Å². The summed E-state index contributed by atoms with van der Waals surface area (Å²) in [5.74, 6) is 0.553. The molecule has 0 spiro atoms. The van der Waals surface area contributed by atoms with Crippen LogP contribution in [0.4, 0.5) is 0 Å². The zero-order chi connectivity index (χ0) is 12.2. The summed E-state index contributed by atoms with van der Waals surface area (Å²) in [6.45, 7) is -1.52. The smallest absolute Gasteiger partial charge is 0.292 e. The van der Waals surface area contributed by atoms with Crippen molar-refractivity contribution in [3.63, 3.8) is 0 Å². The van der Waals surface area contributed by atoms with Gasteiger partial charge in [0.2, 0.25) is 0 Å². The Bertz CT molecular complexity index is 358. The second kappa shape index (κ2) is 4.91. The molecule has 0 unspecified atom stereocenters. The predicted octanol–water partition coefficient (Wildman–Crippen LogP) is 0.152. The van der Waals surface area contributed by atoms with Crippen LogP contribution in [0, 0.1) is 10.1 Å². The molecule has 0 aliphatic heterocycles. The lowest BCUT2D eigenvalue weighted by molar-refractivity contribution is -0.586. The summed E-state index contributed by atoms with van der Waals surface area (Å²) in [5, 5.41) is 29.1. The number of hydrogen-bond donors (Lipinski definition) is 2. The summed E-state index contributed by atoms with van der Waals surface area (Å²) < 4.78 is 4.91. The molecule has 0 fully saturated rings. The highest BCUT2D eigenvalue weighted by Crippen LogP contribution is 2.25. The van der Waals surface area contributed by atoms with Gasteiger partial charge in [0.05, 0.1) is 7.11 Å². The molecule has 0 aliphatic rings. The Morgan fingerprint density at radius 1 is 1.31 bits per heavy atom. The van der Waals surface area contributed by atoms with Crippen molar-refractivity contribution in [3.05, 3.63) is 39.9 Å². The Kier molecular flexibility index (Phi) is 3.81. The highest BCUT2D eigenvalue weighted by atomic mass is 16.6. The predicted molar refractivity (Wildman–Crippen MR) is 55.8 cm³/mol. The van der Waals surface area contributed by atoms with E-state index in [0.29, 0.717) is 5.75 Å². The number of nitrogens with zero attached hydrogens (tertiary/aromatic N) is 1. The molecule has 16 heavy (non-hydrogen) atoms. The van der Waals surface area contributed by atoms with Gasteiger partial charge in [0.1, 0.15) is 19.0 Å². The number of ether oxygens (including phenoxy) is 1. The fourth-order valence-electron chi connectivity index (χ4n) is 1.35. The lowest BCUT2D eigenvalue weighted by Crippen LogP contribution is -2.42. The van der Waals surface area contributed by atoms with Crippen LogP contribution < -0.4 is 4.74 Å². The highest BCUT2D eigenvalue weighted by molar-refractivity contribution is 5.31. The molecular weight excluding hydrogens is 214 g/mol. The summed E-state index contributed by atoms with van der Waals surface area (Å²) in [7, 11) is 1.48. The lowest BCUT2D eigenvalue weighted by Gasteiger charge is -2.21. The molecule has 6 nitrogen and oxygen atoms in total. The molecule has 0 heterocycles. The maximum Gasteiger partial charge on any atom is 0.292 e. The van der Waals surface area contributed by atoms with Gasteiger partial charge < -0.3 is 14.9 Å². The molecule has 1 aromatic rings. The summed E-state index contributed by atoms with van der Waals surface area (Å²) in [5.41, 5.74) is -1.62. The first kappa shape index (κ1) is 12.4. The molecule has 0 radical (unpaired) electrons. The number of hydrogen-bond acceptors (Lipinski definition) is 5. The average Bonchev–Trinajstić information content (AvgIpc) is 2.32. The number of aliphatic hydroxyl groups excluding tert-OH is 2. The van der Waals surface area contributed by atoms with Gasteiger partial charge in [-0.1, -0.05) is 0 Å². The normalized spacial score (nSPS) is 11.2. The minimum Gasteiger partial charge on any atom is -0.497 e. The fraction of sp³-hybridized carbons (Fsp3) is 0.400. The van der Waals surface area contributed by atoms with Crippen LogP contribution in [0.15, 0.2) is 24.3 Å². The van der Waals surface area contributed by atoms with E-state index in [-0.39, 0.29) is 5.56 Å². The molecule has 0 aromatic heterocycles. The van der Waals surface area contributed by atoms with E-state index in [9.17, 15) is 10.1 Å². The van der Waals surface area contributed by atoms with E-state index in [1.54, 1.807) is 12.1 Å². The molecule has 6 heteroatoms. The highest BCUT2D eigenvalue weighted by Gasteiger charge is 2.43. The Hall–Kier alpha value is -1.66. The van der Waals surface area contributed by atoms with Crippen LogP contribution in [0.2, 0.25) is 0 Å². The van der Waals surface area contributed by atoms with Crippen molar-refractivity contribution in [2.75, 3.05) is 20.3 Å². The van der Waals surface area contributed by atoms with Crippen LogP contribution in [-0.4, -0.2) is 35.5 Å². The first-order chi connectivity index (χ1) is 7.60. The summed E-state index contributed by atoms with van der Waals surface area (Å²) >= 11 is 0. The van der Waals surface area contributed by atoms with Crippen LogP contribution >= 0.6 is 0 Å². The van der Waals surface area contributed by atoms with Crippen molar-refractivity contribution in [2.24, 2.45) is 0 Å². The Balaban J connectivity index is 3.16. The van der Waals surface area contributed by atoms with Crippen LogP contribution in [0.1, 0.15) is 5.56 Å². The third-order valence-corrected chi connectivity index (χ3v) is 2.50. The van der Waals surface area contributed by atoms with Crippen molar-refractivity contribution in [3.8, 4) is 5.75 Å². The first-order valence-corrected chi connectivity index (χ1v) is 4.61. The SMILES string of the molecule is COc1ccc(C(CO)(CO)[N+](=O)[O-])cc1. The molecule has 88 valence electrons. The zero-order valence-corrected chi connectivity index (χ0v) is 8.79. The van der Waals surface area contributed by atoms with E-state index in [1.165, 1.54) is 19.2 Å². The molecule has 0 amide bonds. The van der Waals surface area contributed by atoms with Crippen molar-refractivity contribution >= 4 is 0 Å². The van der Waals surface area contributed by atoms with Gasteiger partial charge in [0.15, 0.2) is 0 Å². The largest absolute Gasteiger partial charge is 0.497 e. The van der Waals surface area contributed by atoms with Crippen molar-refractivity contribution in [2.45, 2.75) is 5.54 Å². The van der Waals surface area contributed by atoms with Crippen LogP contribution in [0.3, 0.4) is 0 Å². The number of benzene rings is 1. The lowest BCUT2D eigenvalue weighted by atomic mass is 9.92. The van der Waals surface area contributed by atoms with Crippen molar-refractivity contribution < 1.29 is 19.9 Å². The maximum absolute atomic E-state index is 10.9. The van der Waals surface area contributed by atoms with Gasteiger partial charge in [0, 0.05) is 10.5 Å². The standard InChI is InChI=1S/C10H13NO5/c1-16-9-4-2-8(3-5-9)10(6-12,7-13)11(14)15/h2-5,12-13H,6-7H2,1H3. The summed E-state index contributed by atoms with van der Waals surface area (Å²) in [4.78, 5) is 10.2. The van der Waals surface area contributed by atoms with E-state index in [4.69, 9.17) is 14.9 Å². The van der Waals surface area contributed by atoms with Gasteiger partial charge >= 0.3 is 0 Å². The van der Waals surface area contributed by atoms with E-state index in [2.05, 4.69) is 0 Å². The van der Waals surface area contributed by atoms with E-state index >= 15 is 0 Å². The van der Waals surface area contributed by atoms with Gasteiger partial charge in [0.25, 0.3) is 5.54 Å². The molecule has 1 rings (SSSR count). The summed E-state index contributed by atoms with van der Waals surface area (Å²) in [6.07, 6.45) is 0. The number of rotatable bonds is 5. The molecule has 0 bridgehead atoms. The molecular formula is C10H13NO5. The maximum atomic E-state index is 10.9. The molecule has 0 atom stereocenters. The van der Waals surface area contributed by atoms with E-state index < -0.39 is 23.7 Å². The van der Waals surface area contributed by atoms with Gasteiger partial charge in [-0.2, -0.15) is 0 Å². The first-order valence-electron chi connectivity index (χ1n) is 4.61. The van der Waals surface area contributed by atoms with E-state index in [1.807, 2.05) is 0 Å². The minimum absolute atomic E-state index is 0.239. The van der Waals surface area contributed by atoms with Gasteiger partial charge in [-0.25, -0.2) is 0 Å². The molecule has 0 saturated carbocycles. The number of methoxy groups -OCH3 is 1. The second-order valence-electron chi connectivity index (χ2n) is 3.33. The van der Waals surface area contributed by atoms with Gasteiger partial charge in [-0.15, -0.1) is 0 Å². The molecule has 2 N–H and O–H groups in total. The zero-order valence-electron chi connectivity index (χ0n) is 8.79. The monoisotopic (exact) mass is 227 g/mol. The number of nitro groups is 1. The second-order valence-corrected chi connectivity index (χ2v) is 3.33. The molecule has 1 aromatic carbocycles. The topological polar surface area (TPSA) is 92.8 Å². The van der Waals surface area contributed by atoms with Crippen LogP contribution in [-0.2, 0) is 5.54 Å². The molecule has 0 aliphatic carbocycles. The van der Waals surface area contributed by atoms with Crippen LogP contribution in [0.5, 0.6) is 5.75 Å². The summed E-state index contributed by atoms with van der Waals surface area (Å²) in [6, 6.07) is 5.99. The third-order valence-electron chi connectivity index (χ3n) is 2.50.